The fourth-order valence-corrected chi connectivity index (χ4v) is 1.61. The van der Waals surface area contributed by atoms with Crippen molar-refractivity contribution in [2.24, 2.45) is 0 Å². The quantitative estimate of drug-likeness (QED) is 0.665. The summed E-state index contributed by atoms with van der Waals surface area (Å²) in [5.41, 5.74) is 0.281. The van der Waals surface area contributed by atoms with Crippen LogP contribution in [0.5, 0.6) is 0 Å². The van der Waals surface area contributed by atoms with Crippen molar-refractivity contribution in [2.75, 3.05) is 13.1 Å². The number of terminal acetylenes is 1. The highest BCUT2D eigenvalue weighted by Gasteiger charge is 2.19. The number of amides is 1. The lowest BCUT2D eigenvalue weighted by atomic mass is 10.2. The van der Waals surface area contributed by atoms with E-state index in [-0.39, 0.29) is 12.1 Å². The topological polar surface area (TPSA) is 70.5 Å². The van der Waals surface area contributed by atoms with Crippen molar-refractivity contribution in [1.82, 2.24) is 9.88 Å². The van der Waals surface area contributed by atoms with Crippen LogP contribution in [0.4, 0.5) is 0 Å². The van der Waals surface area contributed by atoms with E-state index < -0.39 is 18.4 Å². The van der Waals surface area contributed by atoms with E-state index >= 15 is 0 Å². The summed E-state index contributed by atoms with van der Waals surface area (Å²) in [7, 11) is 0. The zero-order chi connectivity index (χ0) is 12.8. The molecule has 0 atom stereocenters. The average Bonchev–Trinajstić information content (AvgIpc) is 2.28. The number of carbonyl (C=O) groups is 2. The number of aromatic nitrogens is 1. The third-order valence-electron chi connectivity index (χ3n) is 1.88. The molecule has 5 nitrogen and oxygen atoms in total. The summed E-state index contributed by atoms with van der Waals surface area (Å²) in [6.45, 7) is -0.503. The molecule has 0 bridgehead atoms. The Kier molecular flexibility index (Phi) is 4.67. The molecule has 1 amide bonds. The van der Waals surface area contributed by atoms with Crippen molar-refractivity contribution < 1.29 is 14.7 Å². The van der Waals surface area contributed by atoms with Crippen LogP contribution < -0.4 is 0 Å². The van der Waals surface area contributed by atoms with Crippen LogP contribution in [-0.2, 0) is 4.79 Å². The molecule has 6 heteroatoms. The maximum absolute atomic E-state index is 12.0. The van der Waals surface area contributed by atoms with Crippen molar-refractivity contribution >= 4 is 27.8 Å². The van der Waals surface area contributed by atoms with E-state index in [0.29, 0.717) is 4.60 Å². The van der Waals surface area contributed by atoms with Crippen molar-refractivity contribution in [3.8, 4) is 12.3 Å². The molecule has 0 aliphatic carbocycles. The lowest BCUT2D eigenvalue weighted by Crippen LogP contribution is -2.36. The number of halogens is 1. The number of carboxylic acid groups (broad SMARTS) is 1. The Morgan fingerprint density at radius 2 is 2.29 bits per heavy atom. The minimum Gasteiger partial charge on any atom is -0.480 e. The van der Waals surface area contributed by atoms with Gasteiger partial charge in [-0.2, -0.15) is 0 Å². The second-order valence-electron chi connectivity index (χ2n) is 3.10. The molecule has 1 rings (SSSR count). The Bertz CT molecular complexity index is 482. The van der Waals surface area contributed by atoms with Crippen LogP contribution in [0.15, 0.2) is 22.9 Å². The van der Waals surface area contributed by atoms with Crippen LogP contribution >= 0.6 is 15.9 Å². The largest absolute Gasteiger partial charge is 0.480 e. The Morgan fingerprint density at radius 3 is 2.82 bits per heavy atom. The molecular formula is C11H9BrN2O3. The fraction of sp³-hybridized carbons (Fsp3) is 0.182. The number of pyridine rings is 1. The minimum atomic E-state index is -1.12. The van der Waals surface area contributed by atoms with E-state index in [9.17, 15) is 9.59 Å². The molecular weight excluding hydrogens is 288 g/mol. The second kappa shape index (κ2) is 6.01. The van der Waals surface area contributed by atoms with Crippen molar-refractivity contribution in [3.63, 3.8) is 0 Å². The predicted molar refractivity (Wildman–Crippen MR) is 64.3 cm³/mol. The molecule has 1 N–H and O–H groups in total. The molecule has 0 fully saturated rings. The van der Waals surface area contributed by atoms with Gasteiger partial charge in [0.15, 0.2) is 0 Å². The van der Waals surface area contributed by atoms with Crippen LogP contribution in [0.25, 0.3) is 0 Å². The molecule has 0 radical (unpaired) electrons. The van der Waals surface area contributed by atoms with Gasteiger partial charge in [0.2, 0.25) is 0 Å². The van der Waals surface area contributed by atoms with Crippen LogP contribution in [0.3, 0.4) is 0 Å². The van der Waals surface area contributed by atoms with Gasteiger partial charge in [-0.3, -0.25) is 9.59 Å². The fourth-order valence-electron chi connectivity index (χ4n) is 1.19. The van der Waals surface area contributed by atoms with Gasteiger partial charge in [0, 0.05) is 6.20 Å². The average molecular weight is 297 g/mol. The van der Waals surface area contributed by atoms with Gasteiger partial charge in [-0.1, -0.05) is 5.92 Å². The maximum atomic E-state index is 12.0. The van der Waals surface area contributed by atoms with Gasteiger partial charge >= 0.3 is 5.97 Å². The normalized spacial score (nSPS) is 9.41. The number of hydrogen-bond donors (Lipinski definition) is 1. The molecule has 1 aromatic rings. The van der Waals surface area contributed by atoms with E-state index in [0.717, 1.165) is 4.90 Å². The standard InChI is InChI=1S/C11H9BrN2O3/c1-2-6-14(7-9(15)16)11(17)8-4-3-5-13-10(8)12/h1,3-5H,6-7H2,(H,15,16). The van der Waals surface area contributed by atoms with E-state index in [1.54, 1.807) is 12.1 Å². The second-order valence-corrected chi connectivity index (χ2v) is 3.85. The SMILES string of the molecule is C#CCN(CC(=O)O)C(=O)c1cccnc1Br. The zero-order valence-electron chi connectivity index (χ0n) is 8.76. The molecule has 0 saturated carbocycles. The van der Waals surface area contributed by atoms with Crippen molar-refractivity contribution in [3.05, 3.63) is 28.5 Å². The summed E-state index contributed by atoms with van der Waals surface area (Å²) in [6.07, 6.45) is 6.61. The van der Waals surface area contributed by atoms with E-state index in [1.807, 2.05) is 0 Å². The lowest BCUT2D eigenvalue weighted by molar-refractivity contribution is -0.137. The van der Waals surface area contributed by atoms with Crippen molar-refractivity contribution in [2.45, 2.75) is 0 Å². The predicted octanol–water partition coefficient (Wildman–Crippen LogP) is 1.00. The van der Waals surface area contributed by atoms with Gasteiger partial charge in [0.05, 0.1) is 12.1 Å². The van der Waals surface area contributed by atoms with E-state index in [1.165, 1.54) is 6.20 Å². The molecule has 88 valence electrons. The molecule has 0 aromatic carbocycles. The summed E-state index contributed by atoms with van der Waals surface area (Å²) in [6, 6.07) is 3.14. The first kappa shape index (κ1) is 13.2. The number of hydrogen-bond acceptors (Lipinski definition) is 3. The highest BCUT2D eigenvalue weighted by atomic mass is 79.9. The number of nitrogens with zero attached hydrogens (tertiary/aromatic N) is 2. The third-order valence-corrected chi connectivity index (χ3v) is 2.52. The molecule has 17 heavy (non-hydrogen) atoms. The Hall–Kier alpha value is -1.87. The molecule has 0 aliphatic rings. The Morgan fingerprint density at radius 1 is 1.59 bits per heavy atom. The maximum Gasteiger partial charge on any atom is 0.323 e. The first-order valence-corrected chi connectivity index (χ1v) is 5.40. The van der Waals surface area contributed by atoms with Crippen LogP contribution in [0.2, 0.25) is 0 Å². The van der Waals surface area contributed by atoms with E-state index in [4.69, 9.17) is 11.5 Å². The number of rotatable bonds is 4. The van der Waals surface area contributed by atoms with Crippen LogP contribution in [0, 0.1) is 12.3 Å². The van der Waals surface area contributed by atoms with Gasteiger partial charge < -0.3 is 10.0 Å². The van der Waals surface area contributed by atoms with Crippen LogP contribution in [-0.4, -0.2) is 40.0 Å². The lowest BCUT2D eigenvalue weighted by Gasteiger charge is -2.18. The van der Waals surface area contributed by atoms with E-state index in [2.05, 4.69) is 26.8 Å². The summed E-state index contributed by atoms with van der Waals surface area (Å²) >= 11 is 3.12. The summed E-state index contributed by atoms with van der Waals surface area (Å²) in [5, 5.41) is 8.69. The first-order chi connectivity index (χ1) is 8.06. The van der Waals surface area contributed by atoms with Gasteiger partial charge in [-0.15, -0.1) is 6.42 Å². The Labute approximate surface area is 107 Å². The molecule has 1 heterocycles. The highest BCUT2D eigenvalue weighted by molar-refractivity contribution is 9.10. The van der Waals surface area contributed by atoms with Gasteiger partial charge in [0.1, 0.15) is 11.1 Å². The Balaban J connectivity index is 2.96. The first-order valence-electron chi connectivity index (χ1n) is 4.61. The van der Waals surface area contributed by atoms with Crippen molar-refractivity contribution in [1.29, 1.82) is 0 Å². The van der Waals surface area contributed by atoms with Gasteiger partial charge in [0.25, 0.3) is 5.91 Å². The molecule has 0 spiro atoms. The van der Waals surface area contributed by atoms with Gasteiger partial charge in [-0.25, -0.2) is 4.98 Å². The molecule has 0 aliphatic heterocycles. The number of carboxylic acids is 1. The molecule has 0 unspecified atom stereocenters. The number of aliphatic carboxylic acids is 1. The molecule has 0 saturated heterocycles. The summed E-state index contributed by atoms with van der Waals surface area (Å²) < 4.78 is 0.359. The zero-order valence-corrected chi connectivity index (χ0v) is 10.3. The van der Waals surface area contributed by atoms with Crippen LogP contribution in [0.1, 0.15) is 10.4 Å². The minimum absolute atomic E-state index is 0.0630. The highest BCUT2D eigenvalue weighted by Crippen LogP contribution is 2.14. The molecule has 1 aromatic heterocycles. The number of carbonyl (C=O) groups excluding carboxylic acids is 1. The third kappa shape index (κ3) is 3.57. The smallest absolute Gasteiger partial charge is 0.323 e. The summed E-state index contributed by atoms with van der Waals surface area (Å²) in [4.78, 5) is 27.6. The monoisotopic (exact) mass is 296 g/mol. The van der Waals surface area contributed by atoms with Gasteiger partial charge in [-0.05, 0) is 28.1 Å². The summed E-state index contributed by atoms with van der Waals surface area (Å²) in [5.74, 6) is 0.665.